The number of anilines is 1. The minimum absolute atomic E-state index is 0.203. The van der Waals surface area contributed by atoms with Crippen molar-refractivity contribution in [2.45, 2.75) is 32.4 Å². The first-order chi connectivity index (χ1) is 14.7. The normalized spacial score (nSPS) is 22.5. The SMILES string of the molecule is Cn1c(-c2cc(N3C[C@@H]4[C@H](C3)[C@H]4NC(=O)OC(C)(C)C)ncc2I)nc2ccccc21. The average Bonchev–Trinajstić information content (AvgIpc) is 3.04. The second-order valence-electron chi connectivity index (χ2n) is 9.41. The predicted molar refractivity (Wildman–Crippen MR) is 129 cm³/mol. The van der Waals surface area contributed by atoms with Gasteiger partial charge in [-0.2, -0.15) is 0 Å². The number of fused-ring (bicyclic) bond motifs is 2. The summed E-state index contributed by atoms with van der Waals surface area (Å²) in [5.74, 6) is 2.81. The van der Waals surface area contributed by atoms with Gasteiger partial charge in [0.1, 0.15) is 17.2 Å². The van der Waals surface area contributed by atoms with Crippen LogP contribution >= 0.6 is 22.6 Å². The molecule has 162 valence electrons. The van der Waals surface area contributed by atoms with Gasteiger partial charge in [-0.25, -0.2) is 14.8 Å². The van der Waals surface area contributed by atoms with Crippen molar-refractivity contribution in [2.75, 3.05) is 18.0 Å². The molecule has 0 spiro atoms. The highest BCUT2D eigenvalue weighted by Gasteiger charge is 2.57. The summed E-state index contributed by atoms with van der Waals surface area (Å²) in [6, 6.07) is 10.5. The lowest BCUT2D eigenvalue weighted by atomic mass is 10.2. The number of alkyl carbamates (subject to hydrolysis) is 1. The molecule has 1 N–H and O–H groups in total. The molecule has 3 atom stereocenters. The number of benzene rings is 1. The molecule has 2 aliphatic rings. The lowest BCUT2D eigenvalue weighted by molar-refractivity contribution is 0.0518. The number of nitrogens with zero attached hydrogens (tertiary/aromatic N) is 4. The Bertz CT molecular complexity index is 1160. The van der Waals surface area contributed by atoms with E-state index in [1.807, 2.05) is 45.2 Å². The van der Waals surface area contributed by atoms with Crippen LogP contribution in [0.5, 0.6) is 0 Å². The molecule has 1 saturated heterocycles. The molecule has 5 rings (SSSR count). The maximum absolute atomic E-state index is 12.1. The van der Waals surface area contributed by atoms with Gasteiger partial charge in [0, 0.05) is 53.3 Å². The summed E-state index contributed by atoms with van der Waals surface area (Å²) in [5.41, 5.74) is 2.73. The van der Waals surface area contributed by atoms with Crippen LogP contribution in [0.4, 0.5) is 10.6 Å². The summed E-state index contributed by atoms with van der Waals surface area (Å²) < 4.78 is 8.61. The average molecular weight is 531 g/mol. The zero-order valence-electron chi connectivity index (χ0n) is 18.1. The summed E-state index contributed by atoms with van der Waals surface area (Å²) in [6.07, 6.45) is 1.60. The number of imidazole rings is 1. The Morgan fingerprint density at radius 1 is 1.23 bits per heavy atom. The quantitative estimate of drug-likeness (QED) is 0.514. The number of para-hydroxylation sites is 2. The zero-order chi connectivity index (χ0) is 21.9. The van der Waals surface area contributed by atoms with Crippen LogP contribution < -0.4 is 10.2 Å². The van der Waals surface area contributed by atoms with Crippen molar-refractivity contribution >= 4 is 45.5 Å². The lowest BCUT2D eigenvalue weighted by Crippen LogP contribution is -2.38. The van der Waals surface area contributed by atoms with Crippen molar-refractivity contribution in [3.05, 3.63) is 40.1 Å². The lowest BCUT2D eigenvalue weighted by Gasteiger charge is -2.23. The largest absolute Gasteiger partial charge is 0.444 e. The van der Waals surface area contributed by atoms with Crippen molar-refractivity contribution in [3.63, 3.8) is 0 Å². The van der Waals surface area contributed by atoms with Crippen LogP contribution in [0.25, 0.3) is 22.4 Å². The Morgan fingerprint density at radius 2 is 1.94 bits per heavy atom. The Hall–Kier alpha value is -2.36. The highest BCUT2D eigenvalue weighted by Crippen LogP contribution is 2.47. The third-order valence-corrected chi connectivity index (χ3v) is 6.93. The second kappa shape index (κ2) is 7.36. The maximum atomic E-state index is 12.1. The molecule has 1 aliphatic heterocycles. The molecule has 1 aromatic carbocycles. The number of amides is 1. The van der Waals surface area contributed by atoms with Crippen molar-refractivity contribution < 1.29 is 9.53 Å². The summed E-state index contributed by atoms with van der Waals surface area (Å²) >= 11 is 2.33. The smallest absolute Gasteiger partial charge is 0.407 e. The number of aryl methyl sites for hydroxylation is 1. The Labute approximate surface area is 195 Å². The number of piperidine rings is 1. The first-order valence-corrected chi connectivity index (χ1v) is 11.6. The second-order valence-corrected chi connectivity index (χ2v) is 10.6. The highest BCUT2D eigenvalue weighted by atomic mass is 127. The molecule has 0 radical (unpaired) electrons. The molecule has 31 heavy (non-hydrogen) atoms. The number of aromatic nitrogens is 3. The van der Waals surface area contributed by atoms with Crippen LogP contribution in [-0.4, -0.2) is 45.4 Å². The van der Waals surface area contributed by atoms with Crippen molar-refractivity contribution in [1.29, 1.82) is 0 Å². The van der Waals surface area contributed by atoms with Crippen molar-refractivity contribution in [1.82, 2.24) is 19.9 Å². The van der Waals surface area contributed by atoms with Crippen LogP contribution in [-0.2, 0) is 11.8 Å². The van der Waals surface area contributed by atoms with Gasteiger partial charge < -0.3 is 19.5 Å². The fraction of sp³-hybridized carbons (Fsp3) is 0.435. The van der Waals surface area contributed by atoms with Crippen LogP contribution in [0.2, 0.25) is 0 Å². The van der Waals surface area contributed by atoms with E-state index < -0.39 is 5.60 Å². The van der Waals surface area contributed by atoms with Gasteiger partial charge in [0.05, 0.1) is 11.0 Å². The number of hydrogen-bond donors (Lipinski definition) is 1. The van der Waals surface area contributed by atoms with E-state index in [9.17, 15) is 4.79 Å². The fourth-order valence-electron chi connectivity index (χ4n) is 4.53. The Kier molecular flexibility index (Phi) is 4.87. The zero-order valence-corrected chi connectivity index (χ0v) is 20.3. The molecule has 0 unspecified atom stereocenters. The van der Waals surface area contributed by atoms with Gasteiger partial charge in [0.25, 0.3) is 0 Å². The van der Waals surface area contributed by atoms with E-state index in [1.165, 1.54) is 0 Å². The minimum atomic E-state index is -0.475. The van der Waals surface area contributed by atoms with E-state index in [1.54, 1.807) is 0 Å². The number of halogens is 1. The molecule has 2 fully saturated rings. The first kappa shape index (κ1) is 20.5. The first-order valence-electron chi connectivity index (χ1n) is 10.5. The van der Waals surface area contributed by atoms with E-state index in [4.69, 9.17) is 9.72 Å². The topological polar surface area (TPSA) is 72.3 Å². The molecular weight excluding hydrogens is 505 g/mol. The maximum Gasteiger partial charge on any atom is 0.407 e. The van der Waals surface area contributed by atoms with Crippen LogP contribution in [0.15, 0.2) is 36.5 Å². The monoisotopic (exact) mass is 531 g/mol. The van der Waals surface area contributed by atoms with E-state index in [0.29, 0.717) is 11.8 Å². The molecule has 1 amide bonds. The summed E-state index contributed by atoms with van der Waals surface area (Å²) in [4.78, 5) is 23.9. The summed E-state index contributed by atoms with van der Waals surface area (Å²) in [6.45, 7) is 7.42. The van der Waals surface area contributed by atoms with Gasteiger partial charge in [-0.3, -0.25) is 0 Å². The van der Waals surface area contributed by atoms with Gasteiger partial charge in [0.15, 0.2) is 0 Å². The summed E-state index contributed by atoms with van der Waals surface area (Å²) in [7, 11) is 2.05. The number of pyridine rings is 1. The number of hydrogen-bond acceptors (Lipinski definition) is 5. The number of carbonyl (C=O) groups is 1. The minimum Gasteiger partial charge on any atom is -0.444 e. The fourth-order valence-corrected chi connectivity index (χ4v) is 5.07. The number of carbonyl (C=O) groups excluding carboxylic acids is 1. The molecule has 3 aromatic rings. The molecule has 7 nitrogen and oxygen atoms in total. The van der Waals surface area contributed by atoms with Gasteiger partial charge in [-0.1, -0.05) is 12.1 Å². The van der Waals surface area contributed by atoms with Crippen LogP contribution in [0.3, 0.4) is 0 Å². The van der Waals surface area contributed by atoms with Gasteiger partial charge in [-0.05, 0) is 61.6 Å². The number of rotatable bonds is 3. The molecule has 1 aliphatic carbocycles. The third-order valence-electron chi connectivity index (χ3n) is 6.07. The van der Waals surface area contributed by atoms with Crippen molar-refractivity contribution in [2.24, 2.45) is 18.9 Å². The van der Waals surface area contributed by atoms with Crippen LogP contribution in [0, 0.1) is 15.4 Å². The van der Waals surface area contributed by atoms with Crippen molar-refractivity contribution in [3.8, 4) is 11.4 Å². The number of ether oxygens (including phenoxy) is 1. The number of nitrogens with one attached hydrogen (secondary N) is 1. The van der Waals surface area contributed by atoms with E-state index in [2.05, 4.69) is 61.5 Å². The summed E-state index contributed by atoms with van der Waals surface area (Å²) in [5, 5.41) is 3.03. The molecule has 0 bridgehead atoms. The van der Waals surface area contributed by atoms with Gasteiger partial charge >= 0.3 is 6.09 Å². The molecule has 8 heteroatoms. The molecule has 1 saturated carbocycles. The van der Waals surface area contributed by atoms with Gasteiger partial charge in [0.2, 0.25) is 0 Å². The Morgan fingerprint density at radius 3 is 2.61 bits per heavy atom. The molecule has 3 heterocycles. The predicted octanol–water partition coefficient (Wildman–Crippen LogP) is 4.20. The van der Waals surface area contributed by atoms with Gasteiger partial charge in [-0.15, -0.1) is 0 Å². The molecule has 2 aromatic heterocycles. The molecular formula is C23H26IN5O2. The standard InChI is InChI=1S/C23H26IN5O2/c1-23(2,3)31-22(30)27-20-14-11-29(12-15(14)20)19-9-13(16(24)10-25-19)21-26-17-7-5-6-8-18(17)28(21)4/h5-10,14-15,20H,11-12H2,1-4H3,(H,27,30)/t14-,15+,20+. The highest BCUT2D eigenvalue weighted by molar-refractivity contribution is 14.1. The Balaban J connectivity index is 1.31. The third kappa shape index (κ3) is 3.86. The van der Waals surface area contributed by atoms with E-state index in [-0.39, 0.29) is 12.1 Å². The van der Waals surface area contributed by atoms with E-state index in [0.717, 1.165) is 44.9 Å². The van der Waals surface area contributed by atoms with E-state index >= 15 is 0 Å². The van der Waals surface area contributed by atoms with Crippen LogP contribution in [0.1, 0.15) is 20.8 Å².